The van der Waals surface area contributed by atoms with Crippen LogP contribution in [0.25, 0.3) is 55.2 Å². The molecule has 0 spiro atoms. The van der Waals surface area contributed by atoms with Gasteiger partial charge in [0.2, 0.25) is 0 Å². The number of aryl methyl sites for hydroxylation is 2. The summed E-state index contributed by atoms with van der Waals surface area (Å²) < 4.78 is 52.7. The number of hydrogen-bond acceptors (Lipinski definition) is 3. The summed E-state index contributed by atoms with van der Waals surface area (Å²) in [6.45, 7) is -5.18. The van der Waals surface area contributed by atoms with E-state index in [2.05, 4.69) is 22.1 Å². The molecule has 0 aliphatic carbocycles. The standard InChI is InChI=1S/C23H16NO.C11H8N.Ir/c1-14-12-21(24-13-15(14)2)20-9-5-8-18-19-11-10-16-6-3-4-7-17(16)22(19)25-23(18)20;1-2-6-10(7-3-1)11-8-4-5-9-12-11;/h3-8,10-13H,1-2H3;1-6,8-9H;/q2*-1;/i1D3,2D3;;. The molecule has 187 valence electrons. The van der Waals surface area contributed by atoms with Crippen LogP contribution in [-0.4, -0.2) is 9.97 Å². The van der Waals surface area contributed by atoms with Crippen molar-refractivity contribution in [3.05, 3.63) is 133 Å². The molecule has 0 N–H and O–H groups in total. The van der Waals surface area contributed by atoms with E-state index in [9.17, 15) is 0 Å². The Morgan fingerprint density at radius 3 is 2.34 bits per heavy atom. The molecule has 0 amide bonds. The summed E-state index contributed by atoms with van der Waals surface area (Å²) in [7, 11) is 0. The Bertz CT molecular complexity index is 2020. The predicted molar refractivity (Wildman–Crippen MR) is 151 cm³/mol. The molecule has 0 aliphatic rings. The van der Waals surface area contributed by atoms with E-state index in [1.807, 2.05) is 84.9 Å². The van der Waals surface area contributed by atoms with Gasteiger partial charge in [0, 0.05) is 51.5 Å². The molecule has 7 aromatic rings. The molecule has 38 heavy (non-hydrogen) atoms. The molecule has 0 fully saturated rings. The number of hydrogen-bond donors (Lipinski definition) is 0. The van der Waals surface area contributed by atoms with E-state index < -0.39 is 13.7 Å². The first-order valence-electron chi connectivity index (χ1n) is 14.8. The maximum atomic E-state index is 7.82. The minimum atomic E-state index is -2.60. The van der Waals surface area contributed by atoms with Gasteiger partial charge in [0.05, 0.1) is 5.58 Å². The first-order chi connectivity index (χ1) is 20.6. The van der Waals surface area contributed by atoms with Gasteiger partial charge in [0.1, 0.15) is 5.58 Å². The summed E-state index contributed by atoms with van der Waals surface area (Å²) in [5, 5.41) is 3.80. The van der Waals surface area contributed by atoms with Gasteiger partial charge in [-0.25, -0.2) is 0 Å². The van der Waals surface area contributed by atoms with E-state index in [4.69, 9.17) is 12.6 Å². The Hall–Kier alpha value is -4.11. The third-order valence-electron chi connectivity index (χ3n) is 6.13. The van der Waals surface area contributed by atoms with Crippen LogP contribution in [0.15, 0.2) is 114 Å². The number of fused-ring (bicyclic) bond motifs is 5. The van der Waals surface area contributed by atoms with Gasteiger partial charge in [0.15, 0.2) is 0 Å². The van der Waals surface area contributed by atoms with Crippen LogP contribution in [0.2, 0.25) is 0 Å². The Morgan fingerprint density at radius 2 is 1.53 bits per heavy atom. The zero-order valence-electron chi connectivity index (χ0n) is 26.0. The zero-order chi connectivity index (χ0) is 30.2. The molecule has 4 heteroatoms. The summed E-state index contributed by atoms with van der Waals surface area (Å²) in [6.07, 6.45) is 2.91. The van der Waals surface area contributed by atoms with Gasteiger partial charge in [-0.05, 0) is 42.1 Å². The predicted octanol–water partition coefficient (Wildman–Crippen LogP) is 8.76. The third kappa shape index (κ3) is 4.89. The van der Waals surface area contributed by atoms with E-state index in [-0.39, 0.29) is 31.2 Å². The Morgan fingerprint density at radius 1 is 0.684 bits per heavy atom. The van der Waals surface area contributed by atoms with Gasteiger partial charge in [-0.15, -0.1) is 54.1 Å². The largest absolute Gasteiger partial charge is 0.500 e. The molecule has 7 rings (SSSR count). The van der Waals surface area contributed by atoms with E-state index in [0.717, 1.165) is 44.6 Å². The van der Waals surface area contributed by atoms with Gasteiger partial charge < -0.3 is 14.4 Å². The van der Waals surface area contributed by atoms with Crippen molar-refractivity contribution >= 4 is 32.7 Å². The average Bonchev–Trinajstić information content (AvgIpc) is 3.41. The van der Waals surface area contributed by atoms with Crippen molar-refractivity contribution in [1.82, 2.24) is 9.97 Å². The molecule has 3 heterocycles. The molecule has 0 atom stereocenters. The van der Waals surface area contributed by atoms with Crippen LogP contribution in [0.1, 0.15) is 19.4 Å². The van der Waals surface area contributed by atoms with Crippen LogP contribution < -0.4 is 0 Å². The second-order valence-electron chi connectivity index (χ2n) is 8.47. The summed E-state index contributed by atoms with van der Waals surface area (Å²) in [5.74, 6) is 0. The van der Waals surface area contributed by atoms with Gasteiger partial charge in [-0.1, -0.05) is 71.1 Å². The number of nitrogens with zero attached hydrogens (tertiary/aromatic N) is 2. The first kappa shape index (κ1) is 19.0. The van der Waals surface area contributed by atoms with E-state index in [1.165, 1.54) is 6.07 Å². The average molecular weight is 675 g/mol. The Kier molecular flexibility index (Phi) is 5.56. The molecule has 0 unspecified atom stereocenters. The van der Waals surface area contributed by atoms with Crippen LogP contribution in [0, 0.1) is 25.8 Å². The second kappa shape index (κ2) is 11.1. The SMILES string of the molecule is [2H]C([2H])([2H])c1cnc(-c2[c-]ccc3c2oc2c4ccccc4ccc32)cc1C([2H])([2H])[2H].[Ir].[c-]1ccccc1-c1ccccn1. The minimum Gasteiger partial charge on any atom is -0.500 e. The Balaban J connectivity index is 0.000000248. The molecule has 0 saturated heterocycles. The van der Waals surface area contributed by atoms with Gasteiger partial charge in [0.25, 0.3) is 0 Å². The molecular weight excluding hydrogens is 645 g/mol. The fraction of sp³-hybridized carbons (Fsp3) is 0.0588. The van der Waals surface area contributed by atoms with E-state index in [1.54, 1.807) is 12.3 Å². The quantitative estimate of drug-likeness (QED) is 0.172. The third-order valence-corrected chi connectivity index (χ3v) is 6.13. The van der Waals surface area contributed by atoms with Crippen molar-refractivity contribution in [2.75, 3.05) is 0 Å². The fourth-order valence-corrected chi connectivity index (χ4v) is 4.33. The van der Waals surface area contributed by atoms with Crippen LogP contribution >= 0.6 is 0 Å². The van der Waals surface area contributed by atoms with Crippen molar-refractivity contribution in [2.24, 2.45) is 0 Å². The van der Waals surface area contributed by atoms with Crippen molar-refractivity contribution < 1.29 is 32.7 Å². The molecule has 0 aliphatic heterocycles. The summed E-state index contributed by atoms with van der Waals surface area (Å²) >= 11 is 0. The second-order valence-corrected chi connectivity index (χ2v) is 8.47. The van der Waals surface area contributed by atoms with Gasteiger partial charge in [-0.2, -0.15) is 0 Å². The fourth-order valence-electron chi connectivity index (χ4n) is 4.33. The van der Waals surface area contributed by atoms with Crippen molar-refractivity contribution in [1.29, 1.82) is 0 Å². The van der Waals surface area contributed by atoms with Crippen LogP contribution in [-0.2, 0) is 20.1 Å². The molecular formula is C34H24IrN2O-2. The zero-order valence-corrected chi connectivity index (χ0v) is 22.4. The number of aromatic nitrogens is 2. The van der Waals surface area contributed by atoms with Crippen LogP contribution in [0.4, 0.5) is 0 Å². The molecule has 1 radical (unpaired) electrons. The molecule has 0 saturated carbocycles. The van der Waals surface area contributed by atoms with Crippen molar-refractivity contribution in [3.63, 3.8) is 0 Å². The number of benzene rings is 4. The first-order valence-corrected chi connectivity index (χ1v) is 11.8. The van der Waals surface area contributed by atoms with Gasteiger partial charge in [-0.3, -0.25) is 0 Å². The van der Waals surface area contributed by atoms with Crippen molar-refractivity contribution in [3.8, 4) is 22.5 Å². The smallest absolute Gasteiger partial charge is 0.128 e. The Labute approximate surface area is 244 Å². The van der Waals surface area contributed by atoms with Gasteiger partial charge >= 0.3 is 0 Å². The topological polar surface area (TPSA) is 38.9 Å². The number of furan rings is 1. The molecule has 4 aromatic carbocycles. The number of rotatable bonds is 2. The minimum absolute atomic E-state index is 0. The maximum absolute atomic E-state index is 7.82. The normalized spacial score (nSPS) is 13.7. The van der Waals surface area contributed by atoms with E-state index >= 15 is 0 Å². The number of pyridine rings is 2. The summed E-state index contributed by atoms with van der Waals surface area (Å²) in [4.78, 5) is 8.49. The molecule has 3 nitrogen and oxygen atoms in total. The van der Waals surface area contributed by atoms with E-state index in [0.29, 0.717) is 16.8 Å². The van der Waals surface area contributed by atoms with Crippen LogP contribution in [0.3, 0.4) is 0 Å². The summed E-state index contributed by atoms with van der Waals surface area (Å²) in [5.41, 5.74) is 3.52. The molecule has 3 aromatic heterocycles. The van der Waals surface area contributed by atoms with Crippen LogP contribution in [0.5, 0.6) is 0 Å². The monoisotopic (exact) mass is 675 g/mol. The summed E-state index contributed by atoms with van der Waals surface area (Å²) in [6, 6.07) is 36.8. The maximum Gasteiger partial charge on any atom is 0.128 e. The van der Waals surface area contributed by atoms with Crippen molar-refractivity contribution in [2.45, 2.75) is 13.7 Å². The molecule has 0 bridgehead atoms.